The van der Waals surface area contributed by atoms with Crippen LogP contribution >= 0.6 is 12.2 Å². The summed E-state index contributed by atoms with van der Waals surface area (Å²) in [6.07, 6.45) is 2.16. The Morgan fingerprint density at radius 1 is 1.58 bits per heavy atom. The lowest BCUT2D eigenvalue weighted by molar-refractivity contribution is -0.121. The van der Waals surface area contributed by atoms with Gasteiger partial charge in [-0.2, -0.15) is 0 Å². The summed E-state index contributed by atoms with van der Waals surface area (Å²) in [7, 11) is 1.62. The van der Waals surface area contributed by atoms with Crippen LogP contribution in [-0.4, -0.2) is 28.6 Å². The highest BCUT2D eigenvalue weighted by atomic mass is 32.1. The third-order valence-corrected chi connectivity index (χ3v) is 3.55. The molecular formula is C13H15N3O2S. The molecule has 1 aromatic heterocycles. The summed E-state index contributed by atoms with van der Waals surface area (Å²) in [5, 5.41) is 2.96. The first-order valence-electron chi connectivity index (χ1n) is 6.23. The zero-order valence-corrected chi connectivity index (χ0v) is 11.4. The van der Waals surface area contributed by atoms with Gasteiger partial charge in [0.2, 0.25) is 5.91 Å². The lowest BCUT2D eigenvalue weighted by Crippen LogP contribution is -2.29. The molecule has 5 nitrogen and oxygen atoms in total. The van der Waals surface area contributed by atoms with Gasteiger partial charge in [0.05, 0.1) is 18.1 Å². The zero-order valence-electron chi connectivity index (χ0n) is 10.6. The number of aromatic nitrogens is 2. The molecule has 0 unspecified atom stereocenters. The molecule has 19 heavy (non-hydrogen) atoms. The predicted octanol–water partition coefficient (Wildman–Crippen LogP) is 1.99. The molecule has 1 aliphatic rings. The fourth-order valence-electron chi connectivity index (χ4n) is 2.06. The van der Waals surface area contributed by atoms with E-state index in [4.69, 9.17) is 17.0 Å². The number of ether oxygens (including phenoxy) is 1. The van der Waals surface area contributed by atoms with Crippen molar-refractivity contribution in [1.29, 1.82) is 0 Å². The molecule has 0 saturated heterocycles. The second kappa shape index (κ2) is 4.70. The Hall–Kier alpha value is -1.82. The van der Waals surface area contributed by atoms with Gasteiger partial charge in [-0.15, -0.1) is 0 Å². The Morgan fingerprint density at radius 3 is 3.05 bits per heavy atom. The first kappa shape index (κ1) is 12.2. The number of carbonyl (C=O) groups is 1. The molecule has 1 saturated carbocycles. The van der Waals surface area contributed by atoms with Crippen molar-refractivity contribution < 1.29 is 9.53 Å². The van der Waals surface area contributed by atoms with Crippen molar-refractivity contribution in [3.05, 3.63) is 23.0 Å². The minimum absolute atomic E-state index is 0.00215. The fraction of sp³-hybridized carbons (Fsp3) is 0.385. The van der Waals surface area contributed by atoms with Crippen molar-refractivity contribution in [2.24, 2.45) is 0 Å². The Labute approximate surface area is 115 Å². The number of rotatable bonds is 4. The third-order valence-electron chi connectivity index (χ3n) is 3.23. The highest BCUT2D eigenvalue weighted by Gasteiger charge is 2.23. The Bertz CT molecular complexity index is 685. The first-order valence-corrected chi connectivity index (χ1v) is 6.64. The average Bonchev–Trinajstić information content (AvgIpc) is 3.15. The normalized spacial score (nSPS) is 14.6. The van der Waals surface area contributed by atoms with Crippen molar-refractivity contribution in [2.75, 3.05) is 7.11 Å². The standard InChI is InChI=1S/C13H15N3O2S/c1-18-9-4-5-10-11(6-9)16(13(19)15-10)7-12(17)14-8-2-3-8/h4-6,8H,2-3,7H2,1H3,(H,14,17)(H,15,19). The van der Waals surface area contributed by atoms with E-state index < -0.39 is 0 Å². The summed E-state index contributed by atoms with van der Waals surface area (Å²) in [5.41, 5.74) is 1.79. The number of H-pyrrole nitrogens is 1. The molecule has 0 atom stereocenters. The summed E-state index contributed by atoms with van der Waals surface area (Å²) >= 11 is 5.27. The van der Waals surface area contributed by atoms with Crippen LogP contribution in [0.4, 0.5) is 0 Å². The predicted molar refractivity (Wildman–Crippen MR) is 74.8 cm³/mol. The second-order valence-electron chi connectivity index (χ2n) is 4.74. The van der Waals surface area contributed by atoms with Crippen LogP contribution < -0.4 is 10.1 Å². The van der Waals surface area contributed by atoms with Gasteiger partial charge >= 0.3 is 0 Å². The molecule has 1 fully saturated rings. The van der Waals surface area contributed by atoms with E-state index in [0.717, 1.165) is 29.6 Å². The molecule has 2 aromatic rings. The quantitative estimate of drug-likeness (QED) is 0.840. The van der Waals surface area contributed by atoms with Gasteiger partial charge in [0.25, 0.3) is 0 Å². The van der Waals surface area contributed by atoms with E-state index in [1.807, 2.05) is 18.2 Å². The number of aromatic amines is 1. The number of amides is 1. The molecule has 6 heteroatoms. The molecule has 2 N–H and O–H groups in total. The van der Waals surface area contributed by atoms with Crippen LogP contribution in [0, 0.1) is 4.77 Å². The number of benzene rings is 1. The van der Waals surface area contributed by atoms with Gasteiger partial charge < -0.3 is 19.6 Å². The molecule has 3 rings (SSSR count). The van der Waals surface area contributed by atoms with Crippen molar-refractivity contribution in [1.82, 2.24) is 14.9 Å². The number of hydrogen-bond donors (Lipinski definition) is 2. The summed E-state index contributed by atoms with van der Waals surface area (Å²) < 4.78 is 7.55. The van der Waals surface area contributed by atoms with E-state index in [0.29, 0.717) is 10.8 Å². The van der Waals surface area contributed by atoms with E-state index >= 15 is 0 Å². The first-order chi connectivity index (χ1) is 9.17. The van der Waals surface area contributed by atoms with Crippen LogP contribution in [0.25, 0.3) is 11.0 Å². The lowest BCUT2D eigenvalue weighted by Gasteiger charge is -2.06. The second-order valence-corrected chi connectivity index (χ2v) is 5.13. The number of carbonyl (C=O) groups excluding carboxylic acids is 1. The molecule has 100 valence electrons. The van der Waals surface area contributed by atoms with Crippen molar-refractivity contribution in [3.8, 4) is 5.75 Å². The summed E-state index contributed by atoms with van der Waals surface area (Å²) in [6, 6.07) is 6.01. The molecule has 1 heterocycles. The number of hydrogen-bond acceptors (Lipinski definition) is 3. The maximum atomic E-state index is 11.9. The van der Waals surface area contributed by atoms with E-state index in [9.17, 15) is 4.79 Å². The zero-order chi connectivity index (χ0) is 13.4. The van der Waals surface area contributed by atoms with Crippen LogP contribution in [0.15, 0.2) is 18.2 Å². The fourth-order valence-corrected chi connectivity index (χ4v) is 2.33. The molecule has 0 radical (unpaired) electrons. The number of imidazole rings is 1. The van der Waals surface area contributed by atoms with Gasteiger partial charge in [-0.25, -0.2) is 0 Å². The van der Waals surface area contributed by atoms with Gasteiger partial charge in [-0.05, 0) is 37.2 Å². The molecule has 1 aliphatic carbocycles. The molecule has 0 aliphatic heterocycles. The molecule has 1 amide bonds. The maximum Gasteiger partial charge on any atom is 0.240 e. The van der Waals surface area contributed by atoms with E-state index in [2.05, 4.69) is 10.3 Å². The SMILES string of the molecule is COc1ccc2[nH]c(=S)n(CC(=O)NC3CC3)c2c1. The van der Waals surface area contributed by atoms with Gasteiger partial charge in [-0.1, -0.05) is 0 Å². The number of nitrogens with one attached hydrogen (secondary N) is 2. The molecule has 1 aromatic carbocycles. The highest BCUT2D eigenvalue weighted by Crippen LogP contribution is 2.21. The van der Waals surface area contributed by atoms with E-state index in [1.54, 1.807) is 11.7 Å². The van der Waals surface area contributed by atoms with Crippen LogP contribution in [0.2, 0.25) is 0 Å². The topological polar surface area (TPSA) is 59.0 Å². The van der Waals surface area contributed by atoms with Gasteiger partial charge in [0.1, 0.15) is 12.3 Å². The van der Waals surface area contributed by atoms with E-state index in [-0.39, 0.29) is 12.5 Å². The minimum Gasteiger partial charge on any atom is -0.497 e. The molecule has 0 spiro atoms. The molecular weight excluding hydrogens is 262 g/mol. The summed E-state index contributed by atoms with van der Waals surface area (Å²) in [6.45, 7) is 0.239. The number of nitrogens with zero attached hydrogens (tertiary/aromatic N) is 1. The summed E-state index contributed by atoms with van der Waals surface area (Å²) in [5.74, 6) is 0.750. The van der Waals surface area contributed by atoms with E-state index in [1.165, 1.54) is 0 Å². The largest absolute Gasteiger partial charge is 0.497 e. The Balaban J connectivity index is 1.93. The van der Waals surface area contributed by atoms with Crippen LogP contribution in [0.5, 0.6) is 5.75 Å². The van der Waals surface area contributed by atoms with Gasteiger partial charge in [0.15, 0.2) is 4.77 Å². The van der Waals surface area contributed by atoms with Gasteiger partial charge in [0, 0.05) is 12.1 Å². The number of methoxy groups -OCH3 is 1. The lowest BCUT2D eigenvalue weighted by atomic mass is 10.3. The minimum atomic E-state index is 0.00215. The number of fused-ring (bicyclic) bond motifs is 1. The average molecular weight is 277 g/mol. The van der Waals surface area contributed by atoms with Crippen molar-refractivity contribution in [3.63, 3.8) is 0 Å². The maximum absolute atomic E-state index is 11.9. The monoisotopic (exact) mass is 277 g/mol. The van der Waals surface area contributed by atoms with Crippen LogP contribution in [0.3, 0.4) is 0 Å². The van der Waals surface area contributed by atoms with Crippen LogP contribution in [-0.2, 0) is 11.3 Å². The van der Waals surface area contributed by atoms with Gasteiger partial charge in [-0.3, -0.25) is 4.79 Å². The summed E-state index contributed by atoms with van der Waals surface area (Å²) in [4.78, 5) is 15.0. The highest BCUT2D eigenvalue weighted by molar-refractivity contribution is 7.71. The third kappa shape index (κ3) is 2.49. The van der Waals surface area contributed by atoms with Crippen molar-refractivity contribution in [2.45, 2.75) is 25.4 Å². The van der Waals surface area contributed by atoms with Crippen molar-refractivity contribution >= 4 is 29.2 Å². The van der Waals surface area contributed by atoms with Crippen LogP contribution in [0.1, 0.15) is 12.8 Å². The molecule has 0 bridgehead atoms. The Kier molecular flexibility index (Phi) is 3.02. The Morgan fingerprint density at radius 2 is 2.37 bits per heavy atom. The smallest absolute Gasteiger partial charge is 0.240 e.